The van der Waals surface area contributed by atoms with Crippen molar-refractivity contribution in [1.29, 1.82) is 0 Å². The topological polar surface area (TPSA) is 19.0 Å². The highest BCUT2D eigenvalue weighted by Gasteiger charge is 2.40. The van der Waals surface area contributed by atoms with Crippen molar-refractivity contribution in [1.82, 2.24) is 14.9 Å². The van der Waals surface area contributed by atoms with Gasteiger partial charge in [0.15, 0.2) is 0 Å². The number of piperazine rings is 1. The van der Waals surface area contributed by atoms with E-state index in [1.807, 2.05) is 0 Å². The first kappa shape index (κ1) is 19.2. The normalized spacial score (nSPS) is 32.6. The summed E-state index contributed by atoms with van der Waals surface area (Å²) in [6, 6.07) is 1.24. The van der Waals surface area contributed by atoms with Crippen molar-refractivity contribution in [3.05, 3.63) is 0 Å². The van der Waals surface area contributed by atoms with Gasteiger partial charge in [-0.3, -0.25) is 4.90 Å². The molecule has 0 saturated carbocycles. The van der Waals surface area contributed by atoms with Gasteiger partial charge in [-0.25, -0.2) is 10.0 Å². The van der Waals surface area contributed by atoms with Crippen LogP contribution in [0.5, 0.6) is 0 Å². The lowest BCUT2D eigenvalue weighted by Crippen LogP contribution is -2.65. The van der Waals surface area contributed by atoms with Crippen molar-refractivity contribution >= 4 is 0 Å². The van der Waals surface area contributed by atoms with Gasteiger partial charge in [-0.1, -0.05) is 27.7 Å². The van der Waals surface area contributed by atoms with Crippen molar-refractivity contribution < 1.29 is 4.74 Å². The van der Waals surface area contributed by atoms with E-state index < -0.39 is 0 Å². The van der Waals surface area contributed by atoms with E-state index >= 15 is 0 Å². The fourth-order valence-electron chi connectivity index (χ4n) is 4.12. The second-order valence-corrected chi connectivity index (χ2v) is 8.81. The Kier molecular flexibility index (Phi) is 6.51. The average molecular weight is 326 g/mol. The maximum Gasteiger partial charge on any atom is 0.0626 e. The highest BCUT2D eigenvalue weighted by Crippen LogP contribution is 2.32. The SMILES string of the molecule is CCOC1CCN(N2CCN(C(C)C)CC2C(C)(C)C)CC1C. The van der Waals surface area contributed by atoms with E-state index in [4.69, 9.17) is 4.74 Å². The second kappa shape index (κ2) is 7.81. The van der Waals surface area contributed by atoms with Gasteiger partial charge in [0, 0.05) is 51.4 Å². The molecule has 0 amide bonds. The van der Waals surface area contributed by atoms with E-state index in [1.54, 1.807) is 0 Å². The van der Waals surface area contributed by atoms with Gasteiger partial charge >= 0.3 is 0 Å². The van der Waals surface area contributed by atoms with Gasteiger partial charge in [-0.15, -0.1) is 0 Å². The molecule has 2 saturated heterocycles. The van der Waals surface area contributed by atoms with Crippen LogP contribution in [0.15, 0.2) is 0 Å². The summed E-state index contributed by atoms with van der Waals surface area (Å²) in [5.74, 6) is 0.618. The van der Waals surface area contributed by atoms with Gasteiger partial charge in [0.1, 0.15) is 0 Å². The summed E-state index contributed by atoms with van der Waals surface area (Å²) in [5.41, 5.74) is 0.299. The molecule has 136 valence electrons. The molecule has 4 heteroatoms. The molecule has 23 heavy (non-hydrogen) atoms. The Morgan fingerprint density at radius 3 is 2.30 bits per heavy atom. The van der Waals surface area contributed by atoms with Gasteiger partial charge in [0.05, 0.1) is 6.10 Å². The number of hydrogen-bond donors (Lipinski definition) is 0. The van der Waals surface area contributed by atoms with Crippen LogP contribution in [0.4, 0.5) is 0 Å². The van der Waals surface area contributed by atoms with Gasteiger partial charge in [0.25, 0.3) is 0 Å². The summed E-state index contributed by atoms with van der Waals surface area (Å²) < 4.78 is 5.92. The first-order valence-corrected chi connectivity index (χ1v) is 9.61. The molecule has 0 aromatic rings. The average Bonchev–Trinajstić information content (AvgIpc) is 2.48. The predicted octanol–water partition coefficient (Wildman–Crippen LogP) is 3.09. The van der Waals surface area contributed by atoms with Crippen molar-refractivity contribution in [2.45, 2.75) is 73.1 Å². The fraction of sp³-hybridized carbons (Fsp3) is 1.00. The zero-order valence-electron chi connectivity index (χ0n) is 16.5. The van der Waals surface area contributed by atoms with E-state index in [9.17, 15) is 0 Å². The maximum atomic E-state index is 5.92. The van der Waals surface area contributed by atoms with Crippen LogP contribution in [0.2, 0.25) is 0 Å². The summed E-state index contributed by atoms with van der Waals surface area (Å²) in [6.07, 6.45) is 1.61. The molecule has 0 N–H and O–H groups in total. The van der Waals surface area contributed by atoms with Crippen LogP contribution >= 0.6 is 0 Å². The molecule has 2 rings (SSSR count). The number of nitrogens with zero attached hydrogens (tertiary/aromatic N) is 3. The highest BCUT2D eigenvalue weighted by molar-refractivity contribution is 4.91. The van der Waals surface area contributed by atoms with Crippen LogP contribution in [0, 0.1) is 11.3 Å². The Morgan fingerprint density at radius 2 is 1.78 bits per heavy atom. The summed E-state index contributed by atoms with van der Waals surface area (Å²) in [7, 11) is 0. The number of rotatable bonds is 4. The first-order valence-electron chi connectivity index (χ1n) is 9.61. The zero-order chi connectivity index (χ0) is 17.2. The van der Waals surface area contributed by atoms with Gasteiger partial charge < -0.3 is 4.74 Å². The number of ether oxygens (including phenoxy) is 1. The molecule has 0 spiro atoms. The van der Waals surface area contributed by atoms with E-state index in [0.717, 1.165) is 32.7 Å². The van der Waals surface area contributed by atoms with Crippen LogP contribution in [0.25, 0.3) is 0 Å². The molecule has 0 aromatic heterocycles. The van der Waals surface area contributed by atoms with Crippen LogP contribution in [-0.2, 0) is 4.74 Å². The number of hydrogen-bond acceptors (Lipinski definition) is 4. The van der Waals surface area contributed by atoms with Gasteiger partial charge in [-0.05, 0) is 38.5 Å². The van der Waals surface area contributed by atoms with E-state index in [0.29, 0.717) is 29.5 Å². The Balaban J connectivity index is 2.05. The molecule has 2 heterocycles. The standard InChI is InChI=1S/C19H39N3O/c1-8-23-17-9-10-21(13-16(17)4)22-12-11-20(15(2)3)14-18(22)19(5,6)7/h15-18H,8-14H2,1-7H3. The van der Waals surface area contributed by atoms with Crippen LogP contribution in [0.3, 0.4) is 0 Å². The smallest absolute Gasteiger partial charge is 0.0626 e. The van der Waals surface area contributed by atoms with Crippen LogP contribution in [0.1, 0.15) is 54.9 Å². The zero-order valence-corrected chi connectivity index (χ0v) is 16.5. The van der Waals surface area contributed by atoms with Crippen LogP contribution < -0.4 is 0 Å². The minimum Gasteiger partial charge on any atom is -0.378 e. The summed E-state index contributed by atoms with van der Waals surface area (Å²) >= 11 is 0. The Morgan fingerprint density at radius 1 is 1.09 bits per heavy atom. The summed E-state index contributed by atoms with van der Waals surface area (Å²) in [5, 5.41) is 5.32. The Labute approximate surface area is 144 Å². The molecule has 0 bridgehead atoms. The Hall–Kier alpha value is -0.160. The molecule has 4 nitrogen and oxygen atoms in total. The van der Waals surface area contributed by atoms with Gasteiger partial charge in [-0.2, -0.15) is 0 Å². The molecular weight excluding hydrogens is 286 g/mol. The third-order valence-corrected chi connectivity index (χ3v) is 5.66. The first-order chi connectivity index (χ1) is 10.7. The predicted molar refractivity (Wildman–Crippen MR) is 97.4 cm³/mol. The second-order valence-electron chi connectivity index (χ2n) is 8.81. The van der Waals surface area contributed by atoms with Crippen molar-refractivity contribution in [3.8, 4) is 0 Å². The fourth-order valence-corrected chi connectivity index (χ4v) is 4.12. The largest absolute Gasteiger partial charge is 0.378 e. The third-order valence-electron chi connectivity index (χ3n) is 5.66. The minimum absolute atomic E-state index is 0.299. The number of piperidine rings is 1. The monoisotopic (exact) mass is 325 g/mol. The summed E-state index contributed by atoms with van der Waals surface area (Å²) in [6.45, 7) is 22.9. The Bertz CT molecular complexity index is 366. The van der Waals surface area contributed by atoms with Crippen molar-refractivity contribution in [2.75, 3.05) is 39.3 Å². The molecule has 0 radical (unpaired) electrons. The number of hydrazine groups is 1. The lowest BCUT2D eigenvalue weighted by molar-refractivity contribution is -0.162. The molecule has 2 aliphatic heterocycles. The third kappa shape index (κ3) is 4.68. The van der Waals surface area contributed by atoms with Gasteiger partial charge in [0.2, 0.25) is 0 Å². The van der Waals surface area contributed by atoms with Crippen molar-refractivity contribution in [2.24, 2.45) is 11.3 Å². The van der Waals surface area contributed by atoms with Crippen molar-refractivity contribution in [3.63, 3.8) is 0 Å². The molecule has 0 aliphatic carbocycles. The van der Waals surface area contributed by atoms with Crippen LogP contribution in [-0.4, -0.2) is 72.4 Å². The van der Waals surface area contributed by atoms with E-state index in [1.165, 1.54) is 13.1 Å². The highest BCUT2D eigenvalue weighted by atomic mass is 16.5. The molecule has 3 atom stereocenters. The molecule has 2 aliphatic rings. The molecule has 3 unspecified atom stereocenters. The molecule has 0 aromatic carbocycles. The van der Waals surface area contributed by atoms with E-state index in [-0.39, 0.29) is 0 Å². The lowest BCUT2D eigenvalue weighted by Gasteiger charge is -2.54. The molecular formula is C19H39N3O. The lowest BCUT2D eigenvalue weighted by atomic mass is 9.84. The quantitative estimate of drug-likeness (QED) is 0.790. The minimum atomic E-state index is 0.299. The van der Waals surface area contributed by atoms with E-state index in [2.05, 4.69) is 63.4 Å². The molecule has 2 fully saturated rings. The maximum absolute atomic E-state index is 5.92. The summed E-state index contributed by atoms with van der Waals surface area (Å²) in [4.78, 5) is 2.64.